The van der Waals surface area contributed by atoms with E-state index in [2.05, 4.69) is 10.6 Å². The molecule has 1 aliphatic heterocycles. The van der Waals surface area contributed by atoms with E-state index in [1.807, 2.05) is 0 Å². The molecule has 1 fully saturated rings. The van der Waals surface area contributed by atoms with Crippen molar-refractivity contribution in [2.45, 2.75) is 25.4 Å². The van der Waals surface area contributed by atoms with E-state index in [-0.39, 0.29) is 0 Å². The lowest BCUT2D eigenvalue weighted by molar-refractivity contribution is -0.140. The van der Waals surface area contributed by atoms with E-state index < -0.39 is 29.0 Å². The van der Waals surface area contributed by atoms with Crippen LogP contribution in [0.15, 0.2) is 18.2 Å². The number of alkyl halides is 3. The van der Waals surface area contributed by atoms with Crippen LogP contribution >= 0.6 is 0 Å². The first-order valence-electron chi connectivity index (χ1n) is 7.24. The highest BCUT2D eigenvalue weighted by molar-refractivity contribution is 5.94. The second kappa shape index (κ2) is 7.09. The predicted molar refractivity (Wildman–Crippen MR) is 73.9 cm³/mol. The molecule has 1 aromatic rings. The summed E-state index contributed by atoms with van der Waals surface area (Å²) in [5.41, 5.74) is -1.99. The van der Waals surface area contributed by atoms with Crippen LogP contribution in [0.5, 0.6) is 0 Å². The third-order valence-electron chi connectivity index (χ3n) is 3.79. The van der Waals surface area contributed by atoms with Crippen molar-refractivity contribution in [3.63, 3.8) is 0 Å². The monoisotopic (exact) mass is 318 g/mol. The number of benzene rings is 1. The molecule has 0 radical (unpaired) electrons. The molecule has 1 aliphatic rings. The van der Waals surface area contributed by atoms with Crippen LogP contribution in [0.3, 0.4) is 0 Å². The molecule has 0 saturated carbocycles. The molecule has 1 amide bonds. The third kappa shape index (κ3) is 4.19. The summed E-state index contributed by atoms with van der Waals surface area (Å²) < 4.78 is 51.6. The lowest BCUT2D eigenvalue weighted by Crippen LogP contribution is -2.33. The van der Waals surface area contributed by atoms with E-state index in [0.29, 0.717) is 18.5 Å². The summed E-state index contributed by atoms with van der Waals surface area (Å²) in [6, 6.07) is 2.72. The maximum atomic E-state index is 13.8. The summed E-state index contributed by atoms with van der Waals surface area (Å²) in [5, 5.41) is 5.73. The summed E-state index contributed by atoms with van der Waals surface area (Å²) in [6.07, 6.45) is -1.96. The van der Waals surface area contributed by atoms with Crippen LogP contribution in [0.1, 0.15) is 35.2 Å². The Morgan fingerprint density at radius 1 is 1.36 bits per heavy atom. The molecule has 1 atom stereocenters. The smallest absolute Gasteiger partial charge is 0.352 e. The number of hydrogen-bond donors (Lipinski definition) is 2. The zero-order chi connectivity index (χ0) is 16.2. The number of amides is 1. The minimum Gasteiger partial charge on any atom is -0.352 e. The number of carbonyl (C=O) groups is 1. The van der Waals surface area contributed by atoms with Crippen molar-refractivity contribution < 1.29 is 22.4 Å². The molecule has 0 unspecified atom stereocenters. The molecule has 7 heteroatoms. The molecule has 1 saturated heterocycles. The Morgan fingerprint density at radius 3 is 2.77 bits per heavy atom. The third-order valence-corrected chi connectivity index (χ3v) is 3.79. The second-order valence-corrected chi connectivity index (χ2v) is 5.42. The van der Waals surface area contributed by atoms with Gasteiger partial charge in [-0.2, -0.15) is 13.2 Å². The van der Waals surface area contributed by atoms with Gasteiger partial charge in [0.25, 0.3) is 5.91 Å². The first kappa shape index (κ1) is 16.7. The molecule has 2 N–H and O–H groups in total. The van der Waals surface area contributed by atoms with Gasteiger partial charge in [0.05, 0.1) is 11.1 Å². The average molecular weight is 318 g/mol. The summed E-state index contributed by atoms with van der Waals surface area (Å²) in [6.45, 7) is 2.17. The van der Waals surface area contributed by atoms with Crippen molar-refractivity contribution in [2.75, 3.05) is 19.6 Å². The van der Waals surface area contributed by atoms with Gasteiger partial charge in [0, 0.05) is 6.54 Å². The predicted octanol–water partition coefficient (Wildman–Crippen LogP) is 2.96. The lowest BCUT2D eigenvalue weighted by Gasteiger charge is -2.22. The van der Waals surface area contributed by atoms with Crippen molar-refractivity contribution in [3.05, 3.63) is 35.1 Å². The highest BCUT2D eigenvalue weighted by Crippen LogP contribution is 2.32. The van der Waals surface area contributed by atoms with Crippen molar-refractivity contribution in [3.8, 4) is 0 Å². The molecule has 0 aromatic heterocycles. The van der Waals surface area contributed by atoms with E-state index >= 15 is 0 Å². The van der Waals surface area contributed by atoms with Gasteiger partial charge in [0.1, 0.15) is 5.82 Å². The zero-order valence-electron chi connectivity index (χ0n) is 12.0. The standard InChI is InChI=1S/C15H18F4N2O/c16-13-11(4-1-5-12(13)15(17,18)19)14(22)21-8-6-10-3-2-7-20-9-10/h1,4-5,10,20H,2-3,6-9H2,(H,21,22)/t10-/m1/s1. The fourth-order valence-corrected chi connectivity index (χ4v) is 2.58. The summed E-state index contributed by atoms with van der Waals surface area (Å²) >= 11 is 0. The number of hydrogen-bond acceptors (Lipinski definition) is 2. The Hall–Kier alpha value is -1.63. The van der Waals surface area contributed by atoms with Crippen molar-refractivity contribution >= 4 is 5.91 Å². The first-order chi connectivity index (χ1) is 10.4. The van der Waals surface area contributed by atoms with Gasteiger partial charge >= 0.3 is 6.18 Å². The van der Waals surface area contributed by atoms with Gasteiger partial charge in [-0.1, -0.05) is 6.07 Å². The number of halogens is 4. The molecule has 122 valence electrons. The summed E-state index contributed by atoms with van der Waals surface area (Å²) in [4.78, 5) is 11.9. The topological polar surface area (TPSA) is 41.1 Å². The van der Waals surface area contributed by atoms with Crippen LogP contribution < -0.4 is 10.6 Å². The molecule has 0 aliphatic carbocycles. The second-order valence-electron chi connectivity index (χ2n) is 5.42. The van der Waals surface area contributed by atoms with Gasteiger partial charge in [-0.3, -0.25) is 4.79 Å². The SMILES string of the molecule is O=C(NCC[C@H]1CCCNC1)c1cccc(C(F)(F)F)c1F. The van der Waals surface area contributed by atoms with Crippen LogP contribution in [-0.4, -0.2) is 25.5 Å². The molecule has 1 aromatic carbocycles. The minimum atomic E-state index is -4.81. The van der Waals surface area contributed by atoms with Crippen molar-refractivity contribution in [2.24, 2.45) is 5.92 Å². The van der Waals surface area contributed by atoms with E-state index in [0.717, 1.165) is 44.5 Å². The largest absolute Gasteiger partial charge is 0.419 e. The van der Waals surface area contributed by atoms with E-state index in [9.17, 15) is 22.4 Å². The van der Waals surface area contributed by atoms with Gasteiger partial charge in [-0.25, -0.2) is 4.39 Å². The number of carbonyl (C=O) groups excluding carboxylic acids is 1. The molecule has 0 bridgehead atoms. The van der Waals surface area contributed by atoms with Crippen LogP contribution in [0.4, 0.5) is 17.6 Å². The fraction of sp³-hybridized carbons (Fsp3) is 0.533. The number of piperidine rings is 1. The number of nitrogens with one attached hydrogen (secondary N) is 2. The van der Waals surface area contributed by atoms with Crippen LogP contribution in [0.2, 0.25) is 0 Å². The first-order valence-corrected chi connectivity index (χ1v) is 7.24. The van der Waals surface area contributed by atoms with Crippen LogP contribution in [-0.2, 0) is 6.18 Å². The van der Waals surface area contributed by atoms with Gasteiger partial charge in [-0.15, -0.1) is 0 Å². The fourth-order valence-electron chi connectivity index (χ4n) is 2.58. The van der Waals surface area contributed by atoms with Crippen molar-refractivity contribution in [1.82, 2.24) is 10.6 Å². The molecular formula is C15H18F4N2O. The Labute approximate surface area is 126 Å². The molecular weight excluding hydrogens is 300 g/mol. The Morgan fingerprint density at radius 2 is 2.14 bits per heavy atom. The van der Waals surface area contributed by atoms with Gasteiger partial charge in [-0.05, 0) is 50.4 Å². The number of rotatable bonds is 4. The maximum Gasteiger partial charge on any atom is 0.419 e. The van der Waals surface area contributed by atoms with Gasteiger partial charge in [0.15, 0.2) is 0 Å². The minimum absolute atomic E-state index is 0.320. The Kier molecular flexibility index (Phi) is 5.39. The van der Waals surface area contributed by atoms with Gasteiger partial charge < -0.3 is 10.6 Å². The zero-order valence-corrected chi connectivity index (χ0v) is 12.0. The maximum absolute atomic E-state index is 13.8. The van der Waals surface area contributed by atoms with Crippen molar-refractivity contribution in [1.29, 1.82) is 0 Å². The highest BCUT2D eigenvalue weighted by atomic mass is 19.4. The Bertz CT molecular complexity index is 525. The van der Waals surface area contributed by atoms with Crippen LogP contribution in [0, 0.1) is 11.7 Å². The molecule has 2 rings (SSSR count). The highest BCUT2D eigenvalue weighted by Gasteiger charge is 2.35. The van der Waals surface area contributed by atoms with E-state index in [1.54, 1.807) is 0 Å². The Balaban J connectivity index is 1.95. The van der Waals surface area contributed by atoms with E-state index in [1.165, 1.54) is 0 Å². The van der Waals surface area contributed by atoms with E-state index in [4.69, 9.17) is 0 Å². The molecule has 22 heavy (non-hydrogen) atoms. The quantitative estimate of drug-likeness (QED) is 0.838. The average Bonchev–Trinajstić information content (AvgIpc) is 2.47. The van der Waals surface area contributed by atoms with Crippen LogP contribution in [0.25, 0.3) is 0 Å². The molecule has 0 spiro atoms. The molecule has 3 nitrogen and oxygen atoms in total. The van der Waals surface area contributed by atoms with Gasteiger partial charge in [0.2, 0.25) is 0 Å². The molecule has 1 heterocycles. The summed E-state index contributed by atoms with van der Waals surface area (Å²) in [5.74, 6) is -1.90. The summed E-state index contributed by atoms with van der Waals surface area (Å²) in [7, 11) is 0. The lowest BCUT2D eigenvalue weighted by atomic mass is 9.96. The normalized spacial score (nSPS) is 19.0.